The highest BCUT2D eigenvalue weighted by Gasteiger charge is 2.46. The van der Waals surface area contributed by atoms with Gasteiger partial charge in [0.25, 0.3) is 0 Å². The van der Waals surface area contributed by atoms with E-state index in [2.05, 4.69) is 6.26 Å². The number of carbonyl (C=O) groups excluding carboxylic acids is 1. The summed E-state index contributed by atoms with van der Waals surface area (Å²) >= 11 is 3.62. The van der Waals surface area contributed by atoms with E-state index in [4.69, 9.17) is 0 Å². The fourth-order valence-electron chi connectivity index (χ4n) is 1.87. The Balaban J connectivity index is 2.01. The summed E-state index contributed by atoms with van der Waals surface area (Å²) < 4.78 is -0.0229. The normalized spacial score (nSPS) is 25.8. The first-order chi connectivity index (χ1) is 6.28. The topological polar surface area (TPSA) is 20.3 Å². The smallest absolute Gasteiger partial charge is 0.239 e. The number of thioether (sulfide) groups is 2. The molecule has 0 N–H and O–H groups in total. The van der Waals surface area contributed by atoms with Crippen LogP contribution in [0.25, 0.3) is 0 Å². The van der Waals surface area contributed by atoms with Crippen LogP contribution in [0.15, 0.2) is 0 Å². The number of amides is 1. The summed E-state index contributed by atoms with van der Waals surface area (Å²) in [4.78, 5) is 14.1. The number of rotatable bonds is 2. The Labute approximate surface area is 87.8 Å². The number of hydrogen-bond acceptors (Lipinski definition) is 3. The molecule has 0 bridgehead atoms. The van der Waals surface area contributed by atoms with Crippen molar-refractivity contribution in [3.8, 4) is 0 Å². The molecule has 1 heterocycles. The standard InChI is InChI=1S/C9H15NOS2/c1-12-9(3-2-4-9)8(11)10-5-6-13-7-10/h2-7H2,1H3. The summed E-state index contributed by atoms with van der Waals surface area (Å²) in [5.74, 6) is 2.44. The average molecular weight is 217 g/mol. The maximum absolute atomic E-state index is 12.1. The van der Waals surface area contributed by atoms with Crippen LogP contribution in [-0.2, 0) is 4.79 Å². The molecule has 1 saturated carbocycles. The third-order valence-electron chi connectivity index (χ3n) is 2.98. The van der Waals surface area contributed by atoms with Gasteiger partial charge in [0.15, 0.2) is 0 Å². The first kappa shape index (κ1) is 9.71. The summed E-state index contributed by atoms with van der Waals surface area (Å²) in [6.07, 6.45) is 5.48. The number of nitrogens with zero attached hydrogens (tertiary/aromatic N) is 1. The van der Waals surface area contributed by atoms with Gasteiger partial charge in [-0.05, 0) is 25.5 Å². The molecule has 2 nitrogen and oxygen atoms in total. The lowest BCUT2D eigenvalue weighted by Gasteiger charge is -2.41. The van der Waals surface area contributed by atoms with E-state index in [-0.39, 0.29) is 4.75 Å². The first-order valence-corrected chi connectivity index (χ1v) is 7.09. The molecule has 0 spiro atoms. The first-order valence-electron chi connectivity index (χ1n) is 4.71. The zero-order valence-electron chi connectivity index (χ0n) is 7.91. The monoisotopic (exact) mass is 217 g/mol. The van der Waals surface area contributed by atoms with Crippen molar-refractivity contribution < 1.29 is 4.79 Å². The predicted octanol–water partition coefficient (Wildman–Crippen LogP) is 1.80. The SMILES string of the molecule is CSC1(C(=O)N2CCSC2)CCC1. The highest BCUT2D eigenvalue weighted by atomic mass is 32.2. The van der Waals surface area contributed by atoms with Crippen LogP contribution in [0.5, 0.6) is 0 Å². The van der Waals surface area contributed by atoms with Crippen molar-refractivity contribution in [1.29, 1.82) is 0 Å². The van der Waals surface area contributed by atoms with Crippen molar-refractivity contribution in [2.75, 3.05) is 24.4 Å². The third-order valence-corrected chi connectivity index (χ3v) is 5.31. The van der Waals surface area contributed by atoms with E-state index in [0.717, 1.165) is 31.0 Å². The van der Waals surface area contributed by atoms with Gasteiger partial charge in [0.1, 0.15) is 0 Å². The van der Waals surface area contributed by atoms with E-state index in [1.807, 2.05) is 16.7 Å². The Morgan fingerprint density at radius 3 is 2.69 bits per heavy atom. The highest BCUT2D eigenvalue weighted by Crippen LogP contribution is 2.44. The Bertz CT molecular complexity index is 204. The Kier molecular flexibility index (Phi) is 2.79. The van der Waals surface area contributed by atoms with Crippen molar-refractivity contribution in [2.24, 2.45) is 0 Å². The summed E-state index contributed by atoms with van der Waals surface area (Å²) in [5, 5.41) is 0. The van der Waals surface area contributed by atoms with E-state index in [9.17, 15) is 4.79 Å². The summed E-state index contributed by atoms with van der Waals surface area (Å²) in [7, 11) is 0. The highest BCUT2D eigenvalue weighted by molar-refractivity contribution is 8.01. The Morgan fingerprint density at radius 2 is 2.31 bits per heavy atom. The minimum atomic E-state index is -0.0229. The number of carbonyl (C=O) groups is 1. The van der Waals surface area contributed by atoms with Gasteiger partial charge in [-0.25, -0.2) is 0 Å². The lowest BCUT2D eigenvalue weighted by Crippen LogP contribution is -2.50. The van der Waals surface area contributed by atoms with Crippen LogP contribution in [-0.4, -0.2) is 40.0 Å². The van der Waals surface area contributed by atoms with Crippen molar-refractivity contribution >= 4 is 29.4 Å². The molecule has 0 aromatic carbocycles. The molecule has 0 radical (unpaired) electrons. The number of hydrogen-bond donors (Lipinski definition) is 0. The van der Waals surface area contributed by atoms with Crippen molar-refractivity contribution in [3.63, 3.8) is 0 Å². The fraction of sp³-hybridized carbons (Fsp3) is 0.889. The molecule has 2 rings (SSSR count). The molecule has 2 aliphatic rings. The van der Waals surface area contributed by atoms with Crippen molar-refractivity contribution in [2.45, 2.75) is 24.0 Å². The summed E-state index contributed by atoms with van der Waals surface area (Å²) in [6, 6.07) is 0. The lowest BCUT2D eigenvalue weighted by atomic mass is 9.83. The second-order valence-corrected chi connectivity index (χ2v) is 5.92. The average Bonchev–Trinajstić information content (AvgIpc) is 2.54. The zero-order chi connectivity index (χ0) is 9.31. The molecule has 1 amide bonds. The lowest BCUT2D eigenvalue weighted by molar-refractivity contribution is -0.134. The van der Waals surface area contributed by atoms with Crippen LogP contribution >= 0.6 is 23.5 Å². The molecular formula is C9H15NOS2. The van der Waals surface area contributed by atoms with Gasteiger partial charge in [-0.3, -0.25) is 4.79 Å². The predicted molar refractivity (Wildman–Crippen MR) is 59.1 cm³/mol. The Hall–Kier alpha value is 0.170. The van der Waals surface area contributed by atoms with Gasteiger partial charge in [-0.15, -0.1) is 23.5 Å². The van der Waals surface area contributed by atoms with Crippen LogP contribution in [0.2, 0.25) is 0 Å². The molecule has 0 aromatic heterocycles. The van der Waals surface area contributed by atoms with E-state index < -0.39 is 0 Å². The van der Waals surface area contributed by atoms with Crippen LogP contribution in [0.1, 0.15) is 19.3 Å². The van der Waals surface area contributed by atoms with Gasteiger partial charge >= 0.3 is 0 Å². The van der Waals surface area contributed by atoms with Crippen LogP contribution in [0, 0.1) is 0 Å². The second-order valence-electron chi connectivity index (χ2n) is 3.66. The molecule has 1 aliphatic carbocycles. The summed E-state index contributed by atoms with van der Waals surface area (Å²) in [5.41, 5.74) is 0. The van der Waals surface area contributed by atoms with Gasteiger partial charge in [0.05, 0.1) is 10.6 Å². The molecule has 4 heteroatoms. The molecular weight excluding hydrogens is 202 g/mol. The molecule has 74 valence electrons. The summed E-state index contributed by atoms with van der Waals surface area (Å²) in [6.45, 7) is 0.964. The van der Waals surface area contributed by atoms with Gasteiger partial charge in [0.2, 0.25) is 5.91 Å². The molecule has 1 aliphatic heterocycles. The van der Waals surface area contributed by atoms with Crippen LogP contribution in [0.4, 0.5) is 0 Å². The van der Waals surface area contributed by atoms with E-state index >= 15 is 0 Å². The Morgan fingerprint density at radius 1 is 1.54 bits per heavy atom. The molecule has 13 heavy (non-hydrogen) atoms. The van der Waals surface area contributed by atoms with Gasteiger partial charge in [0, 0.05) is 12.3 Å². The third kappa shape index (κ3) is 1.59. The zero-order valence-corrected chi connectivity index (χ0v) is 9.55. The molecule has 0 aromatic rings. The maximum Gasteiger partial charge on any atom is 0.239 e. The molecule has 0 atom stereocenters. The largest absolute Gasteiger partial charge is 0.331 e. The van der Waals surface area contributed by atoms with E-state index in [1.165, 1.54) is 6.42 Å². The van der Waals surface area contributed by atoms with Crippen LogP contribution in [0.3, 0.4) is 0 Å². The minimum absolute atomic E-state index is 0.0229. The van der Waals surface area contributed by atoms with Crippen molar-refractivity contribution in [3.05, 3.63) is 0 Å². The fourth-order valence-corrected chi connectivity index (χ4v) is 3.81. The maximum atomic E-state index is 12.1. The minimum Gasteiger partial charge on any atom is -0.331 e. The van der Waals surface area contributed by atoms with E-state index in [0.29, 0.717) is 5.91 Å². The van der Waals surface area contributed by atoms with Gasteiger partial charge < -0.3 is 4.90 Å². The molecule has 0 unspecified atom stereocenters. The second kappa shape index (κ2) is 3.73. The van der Waals surface area contributed by atoms with Crippen LogP contribution < -0.4 is 0 Å². The molecule has 2 fully saturated rings. The van der Waals surface area contributed by atoms with Gasteiger partial charge in [-0.2, -0.15) is 0 Å². The molecule has 1 saturated heterocycles. The van der Waals surface area contributed by atoms with Gasteiger partial charge in [-0.1, -0.05) is 0 Å². The van der Waals surface area contributed by atoms with Crippen molar-refractivity contribution in [1.82, 2.24) is 4.90 Å². The quantitative estimate of drug-likeness (QED) is 0.703. The van der Waals surface area contributed by atoms with E-state index in [1.54, 1.807) is 11.8 Å².